The fourth-order valence-electron chi connectivity index (χ4n) is 3.47. The Kier molecular flexibility index (Phi) is 6.97. The average Bonchev–Trinajstić information content (AvgIpc) is 3.56. The van der Waals surface area contributed by atoms with Crippen molar-refractivity contribution in [2.24, 2.45) is 0 Å². The van der Waals surface area contributed by atoms with Gasteiger partial charge in [-0.3, -0.25) is 9.69 Å². The van der Waals surface area contributed by atoms with E-state index in [0.29, 0.717) is 11.3 Å². The van der Waals surface area contributed by atoms with Gasteiger partial charge in [-0.1, -0.05) is 18.2 Å². The molecule has 0 saturated heterocycles. The van der Waals surface area contributed by atoms with Gasteiger partial charge in [0, 0.05) is 31.9 Å². The number of alkyl halides is 3. The number of nitrogens with one attached hydrogen (secondary N) is 1. The number of hydrogen-bond donors (Lipinski definition) is 1. The van der Waals surface area contributed by atoms with Crippen LogP contribution in [-0.4, -0.2) is 50.2 Å². The SMILES string of the molecule is CC(c1cccc(C(F)(F)F)c1)N(CC(=O)Nc1cccc(S(=O)(=O)N(C)C)c1)C1CC1. The van der Waals surface area contributed by atoms with Gasteiger partial charge in [0.1, 0.15) is 0 Å². The molecule has 1 N–H and O–H groups in total. The highest BCUT2D eigenvalue weighted by Crippen LogP contribution is 2.36. The largest absolute Gasteiger partial charge is 0.416 e. The second-order valence-corrected chi connectivity index (χ2v) is 10.2. The number of hydrogen-bond acceptors (Lipinski definition) is 4. The minimum Gasteiger partial charge on any atom is -0.325 e. The zero-order valence-electron chi connectivity index (χ0n) is 18.1. The van der Waals surface area contributed by atoms with Crippen LogP contribution in [0.3, 0.4) is 0 Å². The maximum Gasteiger partial charge on any atom is 0.416 e. The summed E-state index contributed by atoms with van der Waals surface area (Å²) in [6.45, 7) is 1.76. The Bertz CT molecular complexity index is 1080. The van der Waals surface area contributed by atoms with Crippen molar-refractivity contribution in [3.8, 4) is 0 Å². The van der Waals surface area contributed by atoms with Gasteiger partial charge < -0.3 is 5.32 Å². The summed E-state index contributed by atoms with van der Waals surface area (Å²) in [6.07, 6.45) is -2.70. The fraction of sp³-hybridized carbons (Fsp3) is 0.409. The molecular formula is C22H26F3N3O3S. The van der Waals surface area contributed by atoms with Gasteiger partial charge in [0.25, 0.3) is 0 Å². The summed E-state index contributed by atoms with van der Waals surface area (Å²) in [5, 5.41) is 2.70. The van der Waals surface area contributed by atoms with Crippen molar-refractivity contribution < 1.29 is 26.4 Å². The summed E-state index contributed by atoms with van der Waals surface area (Å²) >= 11 is 0. The molecule has 2 aromatic carbocycles. The zero-order chi connectivity index (χ0) is 23.7. The van der Waals surface area contributed by atoms with E-state index >= 15 is 0 Å². The van der Waals surface area contributed by atoms with Crippen LogP contribution in [0.25, 0.3) is 0 Å². The van der Waals surface area contributed by atoms with Crippen molar-refractivity contribution in [3.63, 3.8) is 0 Å². The van der Waals surface area contributed by atoms with E-state index in [1.165, 1.54) is 38.4 Å². The van der Waals surface area contributed by atoms with Crippen LogP contribution < -0.4 is 5.32 Å². The maximum atomic E-state index is 13.1. The van der Waals surface area contributed by atoms with E-state index in [1.807, 2.05) is 4.90 Å². The highest BCUT2D eigenvalue weighted by Gasteiger charge is 2.35. The predicted octanol–water partition coefficient (Wildman–Crippen LogP) is 4.12. The Morgan fingerprint density at radius 3 is 2.38 bits per heavy atom. The second kappa shape index (κ2) is 9.21. The number of carbonyl (C=O) groups excluding carboxylic acids is 1. The Hall–Kier alpha value is -2.43. The lowest BCUT2D eigenvalue weighted by Gasteiger charge is -2.29. The summed E-state index contributed by atoms with van der Waals surface area (Å²) in [7, 11) is -0.808. The van der Waals surface area contributed by atoms with Crippen LogP contribution in [0, 0.1) is 0 Å². The number of nitrogens with zero attached hydrogens (tertiary/aromatic N) is 2. The highest BCUT2D eigenvalue weighted by molar-refractivity contribution is 7.89. The predicted molar refractivity (Wildman–Crippen MR) is 116 cm³/mol. The molecule has 1 atom stereocenters. The van der Waals surface area contributed by atoms with Crippen LogP contribution in [0.4, 0.5) is 18.9 Å². The molecule has 1 saturated carbocycles. The van der Waals surface area contributed by atoms with Crippen molar-refractivity contribution >= 4 is 21.6 Å². The normalized spacial score (nSPS) is 15.8. The van der Waals surface area contributed by atoms with Gasteiger partial charge in [-0.15, -0.1) is 0 Å². The maximum absolute atomic E-state index is 13.1. The van der Waals surface area contributed by atoms with Crippen LogP contribution in [0.2, 0.25) is 0 Å². The summed E-state index contributed by atoms with van der Waals surface area (Å²) in [5.41, 5.74) is 0.0972. The number of rotatable bonds is 8. The standard InChI is InChI=1S/C22H26F3N3O3S/c1-15(16-6-4-7-17(12-16)22(23,24)25)28(19-10-11-19)14-21(29)26-18-8-5-9-20(13-18)32(30,31)27(2)3/h4-9,12-13,15,19H,10-11,14H2,1-3H3,(H,26,29). The van der Waals surface area contributed by atoms with E-state index in [0.717, 1.165) is 29.3 Å². The Labute approximate surface area is 186 Å². The van der Waals surface area contributed by atoms with E-state index in [-0.39, 0.29) is 23.4 Å². The third kappa shape index (κ3) is 5.67. The lowest BCUT2D eigenvalue weighted by molar-refractivity contribution is -0.137. The highest BCUT2D eigenvalue weighted by atomic mass is 32.2. The number of carbonyl (C=O) groups is 1. The first kappa shape index (κ1) is 24.2. The van der Waals surface area contributed by atoms with E-state index in [1.54, 1.807) is 19.1 Å². The van der Waals surface area contributed by atoms with Crippen molar-refractivity contribution in [1.29, 1.82) is 0 Å². The first-order chi connectivity index (χ1) is 14.9. The van der Waals surface area contributed by atoms with Gasteiger partial charge in [-0.25, -0.2) is 12.7 Å². The Morgan fingerprint density at radius 1 is 1.12 bits per heavy atom. The third-order valence-corrected chi connectivity index (χ3v) is 7.24. The van der Waals surface area contributed by atoms with Crippen molar-refractivity contribution in [1.82, 2.24) is 9.21 Å². The van der Waals surface area contributed by atoms with Gasteiger partial charge in [-0.2, -0.15) is 13.2 Å². The second-order valence-electron chi connectivity index (χ2n) is 8.07. The molecule has 0 aliphatic heterocycles. The van der Waals surface area contributed by atoms with Crippen LogP contribution in [0.1, 0.15) is 36.9 Å². The molecule has 1 unspecified atom stereocenters. The number of sulfonamides is 1. The number of halogens is 3. The Balaban J connectivity index is 1.75. The van der Waals surface area contributed by atoms with Crippen LogP contribution in [0.5, 0.6) is 0 Å². The zero-order valence-corrected chi connectivity index (χ0v) is 18.9. The lowest BCUT2D eigenvalue weighted by atomic mass is 10.0. The van der Waals surface area contributed by atoms with E-state index in [2.05, 4.69) is 5.32 Å². The van der Waals surface area contributed by atoms with Gasteiger partial charge in [0.05, 0.1) is 17.0 Å². The number of benzene rings is 2. The van der Waals surface area contributed by atoms with E-state index in [4.69, 9.17) is 0 Å². The summed E-state index contributed by atoms with van der Waals surface area (Å²) in [6, 6.07) is 10.8. The molecule has 3 rings (SSSR count). The first-order valence-electron chi connectivity index (χ1n) is 10.1. The molecule has 2 aromatic rings. The molecule has 1 aliphatic carbocycles. The van der Waals surface area contributed by atoms with Crippen LogP contribution >= 0.6 is 0 Å². The summed E-state index contributed by atoms with van der Waals surface area (Å²) in [5.74, 6) is -0.366. The minimum absolute atomic E-state index is 0.0211. The third-order valence-electron chi connectivity index (χ3n) is 5.43. The molecule has 32 heavy (non-hydrogen) atoms. The molecule has 0 aromatic heterocycles. The molecule has 0 heterocycles. The van der Waals surface area contributed by atoms with E-state index < -0.39 is 27.8 Å². The number of anilines is 1. The summed E-state index contributed by atoms with van der Waals surface area (Å²) < 4.78 is 65.0. The van der Waals surface area contributed by atoms with Crippen molar-refractivity contribution in [2.75, 3.05) is 26.0 Å². The minimum atomic E-state index is -4.44. The molecule has 1 fully saturated rings. The molecular weight excluding hydrogens is 443 g/mol. The molecule has 0 radical (unpaired) electrons. The quantitative estimate of drug-likeness (QED) is 0.632. The average molecular weight is 470 g/mol. The smallest absolute Gasteiger partial charge is 0.325 e. The summed E-state index contributed by atoms with van der Waals surface area (Å²) in [4.78, 5) is 14.7. The lowest BCUT2D eigenvalue weighted by Crippen LogP contribution is -2.37. The topological polar surface area (TPSA) is 69.7 Å². The van der Waals surface area contributed by atoms with Crippen LogP contribution in [-0.2, 0) is 21.0 Å². The molecule has 1 amide bonds. The van der Waals surface area contributed by atoms with Crippen molar-refractivity contribution in [2.45, 2.75) is 42.9 Å². The van der Waals surface area contributed by atoms with Gasteiger partial charge in [0.2, 0.25) is 15.9 Å². The first-order valence-corrected chi connectivity index (χ1v) is 11.6. The van der Waals surface area contributed by atoms with Gasteiger partial charge in [-0.05, 0) is 55.7 Å². The molecule has 174 valence electrons. The number of amides is 1. The Morgan fingerprint density at radius 2 is 1.78 bits per heavy atom. The molecule has 0 bridgehead atoms. The monoisotopic (exact) mass is 469 g/mol. The van der Waals surface area contributed by atoms with Gasteiger partial charge in [0.15, 0.2) is 0 Å². The van der Waals surface area contributed by atoms with Crippen LogP contribution in [0.15, 0.2) is 53.4 Å². The van der Waals surface area contributed by atoms with E-state index in [9.17, 15) is 26.4 Å². The fourth-order valence-corrected chi connectivity index (χ4v) is 4.41. The molecule has 6 nitrogen and oxygen atoms in total. The molecule has 10 heteroatoms. The van der Waals surface area contributed by atoms with Gasteiger partial charge >= 0.3 is 6.18 Å². The van der Waals surface area contributed by atoms with Crippen molar-refractivity contribution in [3.05, 3.63) is 59.7 Å². The molecule has 0 spiro atoms. The molecule has 1 aliphatic rings.